The molecule has 116 valence electrons. The first-order chi connectivity index (χ1) is 10.9. The monoisotopic (exact) mass is 372 g/mol. The van der Waals surface area contributed by atoms with Gasteiger partial charge in [-0.1, -0.05) is 28.1 Å². The predicted molar refractivity (Wildman–Crippen MR) is 93.9 cm³/mol. The molecule has 0 bridgehead atoms. The Kier molecular flexibility index (Phi) is 4.13. The Morgan fingerprint density at radius 2 is 1.87 bits per heavy atom. The molecule has 1 N–H and O–H groups in total. The van der Waals surface area contributed by atoms with Crippen molar-refractivity contribution in [1.82, 2.24) is 4.98 Å². The molecule has 1 heterocycles. The van der Waals surface area contributed by atoms with Gasteiger partial charge in [0, 0.05) is 22.3 Å². The van der Waals surface area contributed by atoms with E-state index < -0.39 is 0 Å². The van der Waals surface area contributed by atoms with Crippen LogP contribution in [0.4, 0.5) is 10.2 Å². The molecule has 0 aliphatic heterocycles. The SMILES string of the molecule is CC(=O)Nc1nc2cc(C)cc(Br)c2cc1-c1ccc(F)cc1. The van der Waals surface area contributed by atoms with E-state index in [1.165, 1.54) is 19.1 Å². The maximum Gasteiger partial charge on any atom is 0.222 e. The van der Waals surface area contributed by atoms with E-state index in [1.807, 2.05) is 25.1 Å². The largest absolute Gasteiger partial charge is 0.310 e. The highest BCUT2D eigenvalue weighted by Crippen LogP contribution is 2.34. The summed E-state index contributed by atoms with van der Waals surface area (Å²) in [5.74, 6) is -0.0404. The van der Waals surface area contributed by atoms with E-state index in [0.717, 1.165) is 32.1 Å². The second kappa shape index (κ2) is 6.08. The van der Waals surface area contributed by atoms with E-state index in [4.69, 9.17) is 0 Å². The Labute approximate surface area is 141 Å². The summed E-state index contributed by atoms with van der Waals surface area (Å²) >= 11 is 3.55. The van der Waals surface area contributed by atoms with E-state index in [0.29, 0.717) is 5.82 Å². The summed E-state index contributed by atoms with van der Waals surface area (Å²) in [4.78, 5) is 16.1. The van der Waals surface area contributed by atoms with Crippen LogP contribution < -0.4 is 5.32 Å². The van der Waals surface area contributed by atoms with Gasteiger partial charge in [-0.3, -0.25) is 4.79 Å². The van der Waals surface area contributed by atoms with Crippen molar-refractivity contribution in [2.75, 3.05) is 5.32 Å². The number of benzene rings is 2. The number of halogens is 2. The molecule has 0 radical (unpaired) electrons. The molecule has 0 fully saturated rings. The number of pyridine rings is 1. The summed E-state index contributed by atoms with van der Waals surface area (Å²) in [7, 11) is 0. The number of aromatic nitrogens is 1. The van der Waals surface area contributed by atoms with E-state index in [9.17, 15) is 9.18 Å². The number of hydrogen-bond donors (Lipinski definition) is 1. The smallest absolute Gasteiger partial charge is 0.222 e. The fraction of sp³-hybridized carbons (Fsp3) is 0.111. The number of rotatable bonds is 2. The second-order valence-corrected chi connectivity index (χ2v) is 6.24. The van der Waals surface area contributed by atoms with Crippen molar-refractivity contribution in [3.05, 3.63) is 58.3 Å². The Bertz CT molecular complexity index is 907. The van der Waals surface area contributed by atoms with Crippen molar-refractivity contribution < 1.29 is 9.18 Å². The first-order valence-electron chi connectivity index (χ1n) is 7.08. The fourth-order valence-electron chi connectivity index (χ4n) is 2.48. The highest BCUT2D eigenvalue weighted by atomic mass is 79.9. The number of fused-ring (bicyclic) bond motifs is 1. The number of nitrogens with one attached hydrogen (secondary N) is 1. The fourth-order valence-corrected chi connectivity index (χ4v) is 3.15. The van der Waals surface area contributed by atoms with Gasteiger partial charge >= 0.3 is 0 Å². The Balaban J connectivity index is 2.28. The minimum absolute atomic E-state index is 0.202. The van der Waals surface area contributed by atoms with Crippen molar-refractivity contribution in [3.8, 4) is 11.1 Å². The molecule has 3 nitrogen and oxygen atoms in total. The van der Waals surface area contributed by atoms with Crippen LogP contribution in [-0.4, -0.2) is 10.9 Å². The minimum Gasteiger partial charge on any atom is -0.310 e. The number of hydrogen-bond acceptors (Lipinski definition) is 2. The molecular formula is C18H14BrFN2O. The van der Waals surface area contributed by atoms with Crippen LogP contribution in [0.2, 0.25) is 0 Å². The summed E-state index contributed by atoms with van der Waals surface area (Å²) in [6, 6.07) is 12.0. The highest BCUT2D eigenvalue weighted by Gasteiger charge is 2.12. The van der Waals surface area contributed by atoms with Crippen LogP contribution in [0.3, 0.4) is 0 Å². The zero-order chi connectivity index (χ0) is 16.6. The van der Waals surface area contributed by atoms with Crippen LogP contribution in [0.25, 0.3) is 22.0 Å². The summed E-state index contributed by atoms with van der Waals surface area (Å²) < 4.78 is 14.1. The van der Waals surface area contributed by atoms with Crippen molar-refractivity contribution in [2.45, 2.75) is 13.8 Å². The number of aryl methyl sites for hydroxylation is 1. The molecule has 0 atom stereocenters. The van der Waals surface area contributed by atoms with Crippen molar-refractivity contribution in [1.29, 1.82) is 0 Å². The van der Waals surface area contributed by atoms with Gasteiger partial charge in [-0.05, 0) is 48.4 Å². The Morgan fingerprint density at radius 3 is 2.52 bits per heavy atom. The highest BCUT2D eigenvalue weighted by molar-refractivity contribution is 9.10. The molecule has 0 spiro atoms. The van der Waals surface area contributed by atoms with Gasteiger partial charge in [-0.15, -0.1) is 0 Å². The van der Waals surface area contributed by atoms with E-state index in [-0.39, 0.29) is 11.7 Å². The average molecular weight is 373 g/mol. The van der Waals surface area contributed by atoms with Crippen LogP contribution in [0.1, 0.15) is 12.5 Å². The molecule has 1 amide bonds. The average Bonchev–Trinajstić information content (AvgIpc) is 2.47. The predicted octanol–water partition coefficient (Wildman–Crippen LogP) is 5.07. The van der Waals surface area contributed by atoms with Crippen molar-refractivity contribution in [3.63, 3.8) is 0 Å². The molecule has 1 aromatic heterocycles. The van der Waals surface area contributed by atoms with Crippen molar-refractivity contribution >= 4 is 38.6 Å². The molecule has 0 aliphatic carbocycles. The summed E-state index contributed by atoms with van der Waals surface area (Å²) in [6.45, 7) is 3.42. The lowest BCUT2D eigenvalue weighted by atomic mass is 10.0. The standard InChI is InChI=1S/C18H14BrFN2O/c1-10-7-16(19)15-9-14(12-3-5-13(20)6-4-12)18(21-11(2)23)22-17(15)8-10/h3-9H,1-2H3,(H,21,22,23). The molecule has 0 unspecified atom stereocenters. The van der Waals surface area contributed by atoms with E-state index in [2.05, 4.69) is 26.2 Å². The van der Waals surface area contributed by atoms with Gasteiger partial charge in [-0.2, -0.15) is 0 Å². The van der Waals surface area contributed by atoms with Crippen LogP contribution in [0, 0.1) is 12.7 Å². The van der Waals surface area contributed by atoms with Gasteiger partial charge in [0.25, 0.3) is 0 Å². The summed E-state index contributed by atoms with van der Waals surface area (Å²) in [5, 5.41) is 3.69. The minimum atomic E-state index is -0.305. The number of nitrogens with zero attached hydrogens (tertiary/aromatic N) is 1. The second-order valence-electron chi connectivity index (χ2n) is 5.39. The molecule has 3 aromatic rings. The quantitative estimate of drug-likeness (QED) is 0.682. The molecule has 5 heteroatoms. The third-order valence-corrected chi connectivity index (χ3v) is 4.13. The van der Waals surface area contributed by atoms with Gasteiger partial charge in [-0.25, -0.2) is 9.37 Å². The maximum atomic E-state index is 13.2. The zero-order valence-corrected chi connectivity index (χ0v) is 14.2. The van der Waals surface area contributed by atoms with E-state index in [1.54, 1.807) is 12.1 Å². The van der Waals surface area contributed by atoms with Crippen LogP contribution in [-0.2, 0) is 4.79 Å². The topological polar surface area (TPSA) is 42.0 Å². The van der Waals surface area contributed by atoms with Crippen LogP contribution in [0.5, 0.6) is 0 Å². The number of amides is 1. The molecule has 0 saturated carbocycles. The molecule has 23 heavy (non-hydrogen) atoms. The third kappa shape index (κ3) is 3.24. The molecule has 3 rings (SSSR count). The number of anilines is 1. The first-order valence-corrected chi connectivity index (χ1v) is 7.88. The number of carbonyl (C=O) groups excluding carboxylic acids is 1. The Morgan fingerprint density at radius 1 is 1.17 bits per heavy atom. The molecular weight excluding hydrogens is 359 g/mol. The van der Waals surface area contributed by atoms with Crippen LogP contribution in [0.15, 0.2) is 46.9 Å². The normalized spacial score (nSPS) is 10.8. The van der Waals surface area contributed by atoms with Gasteiger partial charge < -0.3 is 5.32 Å². The van der Waals surface area contributed by atoms with Crippen LogP contribution >= 0.6 is 15.9 Å². The van der Waals surface area contributed by atoms with E-state index >= 15 is 0 Å². The summed E-state index contributed by atoms with van der Waals surface area (Å²) in [5.41, 5.74) is 3.39. The molecule has 0 saturated heterocycles. The van der Waals surface area contributed by atoms with Gasteiger partial charge in [0.2, 0.25) is 5.91 Å². The Hall–Kier alpha value is -2.27. The molecule has 2 aromatic carbocycles. The number of carbonyl (C=O) groups is 1. The lowest BCUT2D eigenvalue weighted by Crippen LogP contribution is -2.09. The maximum absolute atomic E-state index is 13.2. The lowest BCUT2D eigenvalue weighted by Gasteiger charge is -2.12. The van der Waals surface area contributed by atoms with Gasteiger partial charge in [0.1, 0.15) is 11.6 Å². The molecule has 0 aliphatic rings. The summed E-state index contributed by atoms with van der Waals surface area (Å²) in [6.07, 6.45) is 0. The lowest BCUT2D eigenvalue weighted by molar-refractivity contribution is -0.114. The zero-order valence-electron chi connectivity index (χ0n) is 12.7. The van der Waals surface area contributed by atoms with Gasteiger partial charge in [0.15, 0.2) is 0 Å². The first kappa shape index (κ1) is 15.6. The van der Waals surface area contributed by atoms with Crippen molar-refractivity contribution in [2.24, 2.45) is 0 Å². The van der Waals surface area contributed by atoms with Gasteiger partial charge in [0.05, 0.1) is 5.52 Å². The third-order valence-electron chi connectivity index (χ3n) is 3.48.